The largest absolute Gasteiger partial charge is 0.409 e. The Morgan fingerprint density at radius 2 is 1.91 bits per heavy atom. The summed E-state index contributed by atoms with van der Waals surface area (Å²) in [7, 11) is 0. The van der Waals surface area contributed by atoms with Crippen LogP contribution >= 0.6 is 0 Å². The Labute approximate surface area is 177 Å². The summed E-state index contributed by atoms with van der Waals surface area (Å²) in [5, 5.41) is 23.8. The second-order valence-electron chi connectivity index (χ2n) is 7.19. The number of H-pyrrole nitrogens is 1. The Balaban J connectivity index is 1.43. The third kappa shape index (κ3) is 3.62. The monoisotopic (exact) mass is 444 g/mol. The molecule has 32 heavy (non-hydrogen) atoms. The quantitative estimate of drug-likeness (QED) is 0.444. The van der Waals surface area contributed by atoms with E-state index in [0.717, 1.165) is 11.0 Å². The first-order chi connectivity index (χ1) is 15.3. The first-order valence-electron chi connectivity index (χ1n) is 9.44. The average molecular weight is 444 g/mol. The molecule has 4 aromatic rings. The van der Waals surface area contributed by atoms with E-state index in [0.29, 0.717) is 21.6 Å². The molecule has 0 aliphatic carbocycles. The fourth-order valence-corrected chi connectivity index (χ4v) is 3.64. The molecule has 0 bridgehead atoms. The van der Waals surface area contributed by atoms with Gasteiger partial charge in [-0.25, -0.2) is 9.78 Å². The third-order valence-electron chi connectivity index (χ3n) is 5.03. The maximum atomic E-state index is 12.6. The van der Waals surface area contributed by atoms with Gasteiger partial charge in [0.25, 0.3) is 0 Å². The fraction of sp³-hybridized carbons (Fsp3) is 0.211. The first kappa shape index (κ1) is 19.9. The number of aromatic amines is 1. The number of aromatic nitrogens is 6. The number of benzene rings is 2. The summed E-state index contributed by atoms with van der Waals surface area (Å²) >= 11 is 0. The molecule has 0 saturated carbocycles. The van der Waals surface area contributed by atoms with E-state index in [1.54, 1.807) is 48.8 Å². The number of nitrogens with zero attached hydrogens (tertiary/aromatic N) is 6. The molecule has 2 aromatic carbocycles. The van der Waals surface area contributed by atoms with Crippen molar-refractivity contribution in [1.29, 1.82) is 0 Å². The average Bonchev–Trinajstić information content (AvgIpc) is 3.45. The van der Waals surface area contributed by atoms with Gasteiger partial charge in [-0.2, -0.15) is 18.0 Å². The molecular weight excluding hydrogens is 429 g/mol. The number of urea groups is 1. The Morgan fingerprint density at radius 3 is 2.66 bits per heavy atom. The van der Waals surface area contributed by atoms with E-state index >= 15 is 0 Å². The number of carbonyl (C=O) groups is 1. The van der Waals surface area contributed by atoms with Crippen molar-refractivity contribution in [3.63, 3.8) is 0 Å². The van der Waals surface area contributed by atoms with Crippen LogP contribution in [0.2, 0.25) is 0 Å². The van der Waals surface area contributed by atoms with Crippen LogP contribution in [0.1, 0.15) is 11.6 Å². The number of halogens is 3. The Bertz CT molecular complexity index is 1280. The molecule has 2 atom stereocenters. The van der Waals surface area contributed by atoms with Crippen molar-refractivity contribution in [3.8, 4) is 11.4 Å². The van der Waals surface area contributed by atoms with Crippen molar-refractivity contribution >= 4 is 22.8 Å². The zero-order valence-electron chi connectivity index (χ0n) is 16.2. The fourth-order valence-electron chi connectivity index (χ4n) is 3.64. The van der Waals surface area contributed by atoms with Crippen LogP contribution < -0.4 is 10.2 Å². The number of imidazole rings is 1. The number of anilines is 1. The van der Waals surface area contributed by atoms with Crippen LogP contribution in [0.4, 0.5) is 23.7 Å². The van der Waals surface area contributed by atoms with Gasteiger partial charge in [-0.3, -0.25) is 4.90 Å². The second kappa shape index (κ2) is 7.30. The van der Waals surface area contributed by atoms with Crippen molar-refractivity contribution < 1.29 is 23.1 Å². The number of carbonyl (C=O) groups excluding carboxylic acids is 1. The minimum absolute atomic E-state index is 0.0310. The normalized spacial score (nSPS) is 19.0. The van der Waals surface area contributed by atoms with Crippen molar-refractivity contribution in [2.24, 2.45) is 0 Å². The standard InChI is InChI=1S/C19H15F3N8O2/c20-19(21,22)8-29-27-16(26-28-29)11-3-1-10(2-4-11)15-17(31)25-18(32)30(15)12-5-6-13-14(7-12)24-9-23-13/h1-7,9,15,17,31H,8H2,(H,23,24)(H,25,32). The van der Waals surface area contributed by atoms with E-state index in [2.05, 4.69) is 30.7 Å². The van der Waals surface area contributed by atoms with E-state index in [1.807, 2.05) is 0 Å². The van der Waals surface area contributed by atoms with Gasteiger partial charge in [0, 0.05) is 11.3 Å². The molecular formula is C19H15F3N8O2. The van der Waals surface area contributed by atoms with Gasteiger partial charge in [0.05, 0.1) is 17.4 Å². The lowest BCUT2D eigenvalue weighted by Gasteiger charge is -2.25. The van der Waals surface area contributed by atoms with Crippen molar-refractivity contribution in [3.05, 3.63) is 54.4 Å². The van der Waals surface area contributed by atoms with Crippen molar-refractivity contribution in [2.45, 2.75) is 25.0 Å². The van der Waals surface area contributed by atoms with Gasteiger partial charge >= 0.3 is 12.2 Å². The molecule has 2 aromatic heterocycles. The van der Waals surface area contributed by atoms with Gasteiger partial charge in [0.2, 0.25) is 5.82 Å². The summed E-state index contributed by atoms with van der Waals surface area (Å²) in [6.07, 6.45) is -4.08. The maximum absolute atomic E-state index is 12.6. The molecule has 164 valence electrons. The summed E-state index contributed by atoms with van der Waals surface area (Å²) in [5.41, 5.74) is 3.08. The summed E-state index contributed by atoms with van der Waals surface area (Å²) in [6.45, 7) is -1.34. The first-order valence-corrected chi connectivity index (χ1v) is 9.44. The van der Waals surface area contributed by atoms with Crippen LogP contribution in [0.15, 0.2) is 48.8 Å². The highest BCUT2D eigenvalue weighted by Crippen LogP contribution is 2.35. The second-order valence-corrected chi connectivity index (χ2v) is 7.19. The molecule has 1 aliphatic rings. The molecule has 10 nitrogen and oxygen atoms in total. The van der Waals surface area contributed by atoms with Crippen molar-refractivity contribution in [1.82, 2.24) is 35.5 Å². The van der Waals surface area contributed by atoms with Gasteiger partial charge in [-0.05, 0) is 29.0 Å². The number of tetrazole rings is 1. The van der Waals surface area contributed by atoms with Gasteiger partial charge in [-0.15, -0.1) is 10.2 Å². The van der Waals surface area contributed by atoms with Gasteiger partial charge in [-0.1, -0.05) is 24.3 Å². The summed E-state index contributed by atoms with van der Waals surface area (Å²) in [5.74, 6) is 0.0310. The Kier molecular flexibility index (Phi) is 4.55. The number of fused-ring (bicyclic) bond motifs is 1. The molecule has 2 unspecified atom stereocenters. The summed E-state index contributed by atoms with van der Waals surface area (Å²) in [6, 6.07) is 10.5. The van der Waals surface area contributed by atoms with E-state index in [1.165, 1.54) is 4.90 Å². The number of amides is 2. The number of nitrogens with one attached hydrogen (secondary N) is 2. The van der Waals surface area contributed by atoms with Crippen molar-refractivity contribution in [2.75, 3.05) is 4.90 Å². The topological polar surface area (TPSA) is 125 Å². The van der Waals surface area contributed by atoms with Gasteiger partial charge in [0.1, 0.15) is 6.04 Å². The SMILES string of the molecule is O=C1NC(O)C(c2ccc(-c3nnn(CC(F)(F)F)n3)cc2)N1c1ccc2nc[nH]c2c1. The van der Waals surface area contributed by atoms with Gasteiger partial charge in [0.15, 0.2) is 12.8 Å². The molecule has 1 saturated heterocycles. The molecule has 13 heteroatoms. The summed E-state index contributed by atoms with van der Waals surface area (Å²) in [4.78, 5) is 21.6. The lowest BCUT2D eigenvalue weighted by Crippen LogP contribution is -2.29. The third-order valence-corrected chi connectivity index (χ3v) is 5.03. The smallest absolute Gasteiger partial charge is 0.371 e. The Morgan fingerprint density at radius 1 is 1.12 bits per heavy atom. The highest BCUT2D eigenvalue weighted by molar-refractivity contribution is 5.97. The number of hydrogen-bond acceptors (Lipinski definition) is 6. The predicted molar refractivity (Wildman–Crippen MR) is 105 cm³/mol. The van der Waals surface area contributed by atoms with E-state index in [9.17, 15) is 23.1 Å². The van der Waals surface area contributed by atoms with E-state index in [-0.39, 0.29) is 5.82 Å². The lowest BCUT2D eigenvalue weighted by atomic mass is 10.0. The maximum Gasteiger partial charge on any atom is 0.409 e. The number of aliphatic hydroxyl groups is 1. The zero-order chi connectivity index (χ0) is 22.5. The molecule has 1 fully saturated rings. The summed E-state index contributed by atoms with van der Waals surface area (Å²) < 4.78 is 37.5. The van der Waals surface area contributed by atoms with Gasteiger partial charge < -0.3 is 15.4 Å². The molecule has 0 radical (unpaired) electrons. The van der Waals surface area contributed by atoms with Crippen LogP contribution in [0.25, 0.3) is 22.4 Å². The van der Waals surface area contributed by atoms with E-state index < -0.39 is 31.0 Å². The van der Waals surface area contributed by atoms with Crippen LogP contribution in [-0.4, -0.2) is 53.7 Å². The number of hydrogen-bond donors (Lipinski definition) is 3. The van der Waals surface area contributed by atoms with Crippen LogP contribution in [0.5, 0.6) is 0 Å². The lowest BCUT2D eigenvalue weighted by molar-refractivity contribution is -0.145. The molecule has 3 heterocycles. The molecule has 5 rings (SSSR count). The van der Waals surface area contributed by atoms with Crippen LogP contribution in [0, 0.1) is 0 Å². The number of alkyl halides is 3. The minimum Gasteiger partial charge on any atom is -0.371 e. The molecule has 1 aliphatic heterocycles. The minimum atomic E-state index is -4.46. The van der Waals surface area contributed by atoms with E-state index in [4.69, 9.17) is 0 Å². The predicted octanol–water partition coefficient (Wildman–Crippen LogP) is 2.37. The Hall–Kier alpha value is -4.00. The number of rotatable bonds is 4. The molecule has 3 N–H and O–H groups in total. The van der Waals surface area contributed by atoms with Crippen LogP contribution in [-0.2, 0) is 6.54 Å². The number of aliphatic hydroxyl groups excluding tert-OH is 1. The highest BCUT2D eigenvalue weighted by Gasteiger charge is 2.40. The molecule has 0 spiro atoms. The van der Waals surface area contributed by atoms with Crippen LogP contribution in [0.3, 0.4) is 0 Å². The zero-order valence-corrected chi connectivity index (χ0v) is 16.2. The highest BCUT2D eigenvalue weighted by atomic mass is 19.4. The molecule has 2 amide bonds.